The Balaban J connectivity index is 1.96. The predicted molar refractivity (Wildman–Crippen MR) is 100 cm³/mol. The van der Waals surface area contributed by atoms with Crippen molar-refractivity contribution in [1.82, 2.24) is 5.32 Å². The first-order valence-corrected chi connectivity index (χ1v) is 9.26. The zero-order valence-electron chi connectivity index (χ0n) is 13.7. The Bertz CT molecular complexity index is 647. The largest absolute Gasteiger partial charge is 0.344 e. The highest BCUT2D eigenvalue weighted by Gasteiger charge is 2.20. The molecule has 0 bridgehead atoms. The molecule has 0 aliphatic carbocycles. The van der Waals surface area contributed by atoms with E-state index in [0.29, 0.717) is 6.42 Å². The summed E-state index contributed by atoms with van der Waals surface area (Å²) in [6.45, 7) is 0. The van der Waals surface area contributed by atoms with Gasteiger partial charge in [-0.2, -0.15) is 11.8 Å². The second-order valence-electron chi connectivity index (χ2n) is 5.42. The average Bonchev–Trinajstić information content (AvgIpc) is 2.60. The fraction of sp³-hybridized carbons (Fsp3) is 0.263. The van der Waals surface area contributed by atoms with Gasteiger partial charge in [-0.1, -0.05) is 48.5 Å². The van der Waals surface area contributed by atoms with Crippen molar-refractivity contribution >= 4 is 29.3 Å². The highest BCUT2D eigenvalue weighted by atomic mass is 32.2. The third-order valence-electron chi connectivity index (χ3n) is 3.51. The summed E-state index contributed by atoms with van der Waals surface area (Å²) in [5, 5.41) is 5.71. The van der Waals surface area contributed by atoms with E-state index in [9.17, 15) is 9.59 Å². The van der Waals surface area contributed by atoms with Gasteiger partial charge in [-0.3, -0.25) is 9.59 Å². The number of hydrogen-bond donors (Lipinski definition) is 2. The zero-order valence-corrected chi connectivity index (χ0v) is 14.5. The van der Waals surface area contributed by atoms with Gasteiger partial charge in [0, 0.05) is 5.69 Å². The Morgan fingerprint density at radius 1 is 1.00 bits per heavy atom. The normalized spacial score (nSPS) is 11.5. The van der Waals surface area contributed by atoms with E-state index in [1.165, 1.54) is 0 Å². The molecule has 24 heavy (non-hydrogen) atoms. The van der Waals surface area contributed by atoms with E-state index in [0.717, 1.165) is 17.0 Å². The molecule has 0 saturated carbocycles. The number of benzene rings is 2. The zero-order chi connectivity index (χ0) is 17.2. The van der Waals surface area contributed by atoms with Gasteiger partial charge in [-0.05, 0) is 36.1 Å². The van der Waals surface area contributed by atoms with Crippen molar-refractivity contribution in [3.8, 4) is 0 Å². The topological polar surface area (TPSA) is 58.2 Å². The molecule has 2 N–H and O–H groups in total. The molecule has 0 aliphatic heterocycles. The Labute approximate surface area is 147 Å². The van der Waals surface area contributed by atoms with Crippen molar-refractivity contribution in [2.45, 2.75) is 18.9 Å². The highest BCUT2D eigenvalue weighted by molar-refractivity contribution is 7.98. The van der Waals surface area contributed by atoms with Crippen LogP contribution in [0, 0.1) is 0 Å². The van der Waals surface area contributed by atoms with Crippen LogP contribution in [0.1, 0.15) is 12.0 Å². The summed E-state index contributed by atoms with van der Waals surface area (Å²) in [6, 6.07) is 18.3. The van der Waals surface area contributed by atoms with Crippen LogP contribution in [-0.4, -0.2) is 29.9 Å². The third-order valence-corrected chi connectivity index (χ3v) is 4.16. The van der Waals surface area contributed by atoms with Gasteiger partial charge in [-0.25, -0.2) is 0 Å². The van der Waals surface area contributed by atoms with Crippen LogP contribution in [-0.2, 0) is 16.0 Å². The van der Waals surface area contributed by atoms with Gasteiger partial charge in [0.25, 0.3) is 0 Å². The summed E-state index contributed by atoms with van der Waals surface area (Å²) < 4.78 is 0. The van der Waals surface area contributed by atoms with Crippen LogP contribution in [0.3, 0.4) is 0 Å². The van der Waals surface area contributed by atoms with Crippen LogP contribution < -0.4 is 10.6 Å². The molecule has 0 aliphatic rings. The van der Waals surface area contributed by atoms with E-state index < -0.39 is 6.04 Å². The quantitative estimate of drug-likeness (QED) is 0.775. The van der Waals surface area contributed by atoms with Crippen LogP contribution in [0.25, 0.3) is 0 Å². The molecule has 126 valence electrons. The van der Waals surface area contributed by atoms with E-state index in [2.05, 4.69) is 10.6 Å². The molecular formula is C19H22N2O2S. The fourth-order valence-corrected chi connectivity index (χ4v) is 2.75. The van der Waals surface area contributed by atoms with Crippen molar-refractivity contribution in [3.63, 3.8) is 0 Å². The molecule has 0 heterocycles. The Hall–Kier alpha value is -2.27. The fourth-order valence-electron chi connectivity index (χ4n) is 2.28. The number of thioether (sulfide) groups is 1. The van der Waals surface area contributed by atoms with Gasteiger partial charge in [0.1, 0.15) is 6.04 Å². The maximum Gasteiger partial charge on any atom is 0.246 e. The Morgan fingerprint density at radius 3 is 2.25 bits per heavy atom. The van der Waals surface area contributed by atoms with Crippen molar-refractivity contribution in [3.05, 3.63) is 66.2 Å². The SMILES string of the molecule is CSCCC(NC(=O)Cc1ccccc1)C(=O)Nc1ccccc1. The van der Waals surface area contributed by atoms with Crippen LogP contribution in [0.15, 0.2) is 60.7 Å². The lowest BCUT2D eigenvalue weighted by molar-refractivity contribution is -0.126. The summed E-state index contributed by atoms with van der Waals surface area (Å²) in [5.41, 5.74) is 1.66. The molecular weight excluding hydrogens is 320 g/mol. The van der Waals surface area contributed by atoms with Crippen LogP contribution >= 0.6 is 11.8 Å². The first-order chi connectivity index (χ1) is 11.7. The summed E-state index contributed by atoms with van der Waals surface area (Å²) >= 11 is 1.65. The van der Waals surface area contributed by atoms with Crippen LogP contribution in [0.2, 0.25) is 0 Å². The Kier molecular flexibility index (Phi) is 7.36. The van der Waals surface area contributed by atoms with E-state index in [1.54, 1.807) is 11.8 Å². The van der Waals surface area contributed by atoms with Gasteiger partial charge in [0.05, 0.1) is 6.42 Å². The van der Waals surface area contributed by atoms with Gasteiger partial charge >= 0.3 is 0 Å². The standard InChI is InChI=1S/C19H22N2O2S/c1-24-13-12-17(19(23)20-16-10-6-3-7-11-16)21-18(22)14-15-8-4-2-5-9-15/h2-11,17H,12-14H2,1H3,(H,20,23)(H,21,22). The first-order valence-electron chi connectivity index (χ1n) is 7.87. The molecule has 2 aromatic carbocycles. The van der Waals surface area contributed by atoms with Crippen LogP contribution in [0.5, 0.6) is 0 Å². The van der Waals surface area contributed by atoms with Gasteiger partial charge in [0.15, 0.2) is 0 Å². The minimum absolute atomic E-state index is 0.143. The van der Waals surface area contributed by atoms with E-state index in [-0.39, 0.29) is 18.2 Å². The van der Waals surface area contributed by atoms with Crippen molar-refractivity contribution in [1.29, 1.82) is 0 Å². The second kappa shape index (κ2) is 9.78. The molecule has 2 amide bonds. The maximum absolute atomic E-state index is 12.5. The maximum atomic E-state index is 12.5. The van der Waals surface area contributed by atoms with E-state index >= 15 is 0 Å². The number of carbonyl (C=O) groups is 2. The summed E-state index contributed by atoms with van der Waals surface area (Å²) in [5.74, 6) is 0.477. The molecule has 0 saturated heterocycles. The first kappa shape index (κ1) is 18.1. The lowest BCUT2D eigenvalue weighted by atomic mass is 10.1. The number of amides is 2. The summed E-state index contributed by atoms with van der Waals surface area (Å²) in [6.07, 6.45) is 2.85. The molecule has 0 fully saturated rings. The number of nitrogens with one attached hydrogen (secondary N) is 2. The number of rotatable bonds is 8. The number of carbonyl (C=O) groups excluding carboxylic acids is 2. The second-order valence-corrected chi connectivity index (χ2v) is 6.40. The lowest BCUT2D eigenvalue weighted by Crippen LogP contribution is -2.44. The monoisotopic (exact) mass is 342 g/mol. The van der Waals surface area contributed by atoms with Gasteiger partial charge in [-0.15, -0.1) is 0 Å². The molecule has 2 rings (SSSR count). The molecule has 2 aromatic rings. The van der Waals surface area contributed by atoms with Gasteiger partial charge < -0.3 is 10.6 Å². The lowest BCUT2D eigenvalue weighted by Gasteiger charge is -2.18. The smallest absolute Gasteiger partial charge is 0.246 e. The molecule has 4 nitrogen and oxygen atoms in total. The summed E-state index contributed by atoms with van der Waals surface area (Å²) in [4.78, 5) is 24.7. The molecule has 1 atom stereocenters. The number of para-hydroxylation sites is 1. The highest BCUT2D eigenvalue weighted by Crippen LogP contribution is 2.09. The average molecular weight is 342 g/mol. The molecule has 0 radical (unpaired) electrons. The van der Waals surface area contributed by atoms with Crippen molar-refractivity contribution in [2.24, 2.45) is 0 Å². The molecule has 5 heteroatoms. The van der Waals surface area contributed by atoms with Crippen LogP contribution in [0.4, 0.5) is 5.69 Å². The van der Waals surface area contributed by atoms with Crippen molar-refractivity contribution < 1.29 is 9.59 Å². The minimum Gasteiger partial charge on any atom is -0.344 e. The van der Waals surface area contributed by atoms with Crippen molar-refractivity contribution in [2.75, 3.05) is 17.3 Å². The minimum atomic E-state index is -0.533. The van der Waals surface area contributed by atoms with E-state index in [1.807, 2.05) is 66.9 Å². The third kappa shape index (κ3) is 6.08. The Morgan fingerprint density at radius 2 is 1.62 bits per heavy atom. The molecule has 0 spiro atoms. The molecule has 1 unspecified atom stereocenters. The van der Waals surface area contributed by atoms with E-state index in [4.69, 9.17) is 0 Å². The molecule has 0 aromatic heterocycles. The predicted octanol–water partition coefficient (Wildman–Crippen LogP) is 3.11. The number of hydrogen-bond acceptors (Lipinski definition) is 3. The number of anilines is 1. The summed E-state index contributed by atoms with van der Waals surface area (Å²) in [7, 11) is 0. The van der Waals surface area contributed by atoms with Gasteiger partial charge in [0.2, 0.25) is 11.8 Å².